The molecule has 2 nitrogen and oxygen atoms in total. The van der Waals surface area contributed by atoms with Crippen molar-refractivity contribution in [2.45, 2.75) is 25.7 Å². The maximum absolute atomic E-state index is 4.53. The van der Waals surface area contributed by atoms with Gasteiger partial charge in [0.1, 0.15) is 0 Å². The van der Waals surface area contributed by atoms with Crippen LogP contribution >= 0.6 is 0 Å². The van der Waals surface area contributed by atoms with Gasteiger partial charge in [-0.1, -0.05) is 60.7 Å². The molecule has 1 aromatic heterocycles. The molecule has 0 saturated heterocycles. The molecule has 4 aromatic carbocycles. The molecule has 28 heavy (non-hydrogen) atoms. The first kappa shape index (κ1) is 15.8. The van der Waals surface area contributed by atoms with E-state index < -0.39 is 0 Å². The van der Waals surface area contributed by atoms with Crippen molar-refractivity contribution in [1.82, 2.24) is 10.2 Å². The highest BCUT2D eigenvalue weighted by Crippen LogP contribution is 2.36. The minimum atomic E-state index is 0.932. The SMILES string of the molecule is c1ccc2nnc(-c3cccc4c3ccc3c5c(ccc34)CCCC5)cc2c1. The fraction of sp³-hybridized carbons (Fsp3) is 0.154. The van der Waals surface area contributed by atoms with Crippen LogP contribution in [0.25, 0.3) is 43.7 Å². The number of aromatic nitrogens is 2. The topological polar surface area (TPSA) is 25.8 Å². The summed E-state index contributed by atoms with van der Waals surface area (Å²) in [5.74, 6) is 0. The molecule has 0 saturated carbocycles. The van der Waals surface area contributed by atoms with Gasteiger partial charge in [0.25, 0.3) is 0 Å². The van der Waals surface area contributed by atoms with Gasteiger partial charge < -0.3 is 0 Å². The van der Waals surface area contributed by atoms with E-state index in [2.05, 4.69) is 64.8 Å². The zero-order chi connectivity index (χ0) is 18.5. The van der Waals surface area contributed by atoms with Gasteiger partial charge >= 0.3 is 0 Å². The summed E-state index contributed by atoms with van der Waals surface area (Å²) < 4.78 is 0. The second kappa shape index (κ2) is 6.13. The molecule has 2 heteroatoms. The van der Waals surface area contributed by atoms with Crippen molar-refractivity contribution in [3.05, 3.63) is 83.9 Å². The molecule has 1 aliphatic carbocycles. The van der Waals surface area contributed by atoms with Crippen molar-refractivity contribution in [2.24, 2.45) is 0 Å². The summed E-state index contributed by atoms with van der Waals surface area (Å²) in [4.78, 5) is 0. The molecular formula is C26H20N2. The first-order valence-corrected chi connectivity index (χ1v) is 10.1. The molecule has 0 unspecified atom stereocenters. The lowest BCUT2D eigenvalue weighted by Crippen LogP contribution is -2.03. The van der Waals surface area contributed by atoms with E-state index in [1.807, 2.05) is 18.2 Å². The number of aryl methyl sites for hydroxylation is 2. The fourth-order valence-electron chi connectivity index (χ4n) is 4.77. The van der Waals surface area contributed by atoms with Gasteiger partial charge in [0.05, 0.1) is 11.2 Å². The van der Waals surface area contributed by atoms with Crippen LogP contribution in [0.5, 0.6) is 0 Å². The Bertz CT molecular complexity index is 1370. The second-order valence-corrected chi connectivity index (χ2v) is 7.76. The van der Waals surface area contributed by atoms with E-state index in [1.165, 1.54) is 52.8 Å². The summed E-state index contributed by atoms with van der Waals surface area (Å²) in [5, 5.41) is 15.4. The highest BCUT2D eigenvalue weighted by Gasteiger charge is 2.15. The Labute approximate surface area is 163 Å². The van der Waals surface area contributed by atoms with Crippen molar-refractivity contribution < 1.29 is 0 Å². The number of rotatable bonds is 1. The largest absolute Gasteiger partial charge is 0.150 e. The smallest absolute Gasteiger partial charge is 0.0942 e. The summed E-state index contributed by atoms with van der Waals surface area (Å²) in [6.45, 7) is 0. The molecule has 0 bridgehead atoms. The van der Waals surface area contributed by atoms with E-state index in [9.17, 15) is 0 Å². The molecule has 0 radical (unpaired) electrons. The fourth-order valence-corrected chi connectivity index (χ4v) is 4.77. The molecule has 0 fully saturated rings. The predicted molar refractivity (Wildman–Crippen MR) is 117 cm³/mol. The normalized spacial score (nSPS) is 13.9. The predicted octanol–water partition coefficient (Wildman–Crippen LogP) is 6.48. The van der Waals surface area contributed by atoms with Crippen LogP contribution in [0.1, 0.15) is 24.0 Å². The van der Waals surface area contributed by atoms with Crippen molar-refractivity contribution in [3.63, 3.8) is 0 Å². The molecule has 0 N–H and O–H groups in total. The standard InChI is InChI=1S/C26H20N2/c1-3-8-19-17(6-1)12-13-22-20-9-5-10-24(23(20)15-14-21(19)22)26-16-18-7-2-4-11-25(18)27-28-26/h2,4-5,7,9-16H,1,3,6,8H2. The van der Waals surface area contributed by atoms with E-state index in [-0.39, 0.29) is 0 Å². The molecule has 1 heterocycles. The Morgan fingerprint density at radius 1 is 0.607 bits per heavy atom. The van der Waals surface area contributed by atoms with Crippen molar-refractivity contribution in [2.75, 3.05) is 0 Å². The van der Waals surface area contributed by atoms with E-state index in [4.69, 9.17) is 0 Å². The first-order valence-electron chi connectivity index (χ1n) is 10.1. The summed E-state index contributed by atoms with van der Waals surface area (Å²) in [7, 11) is 0. The number of hydrogen-bond donors (Lipinski definition) is 0. The third-order valence-electron chi connectivity index (χ3n) is 6.16. The summed E-state index contributed by atoms with van der Waals surface area (Å²) >= 11 is 0. The van der Waals surface area contributed by atoms with Crippen molar-refractivity contribution >= 4 is 32.4 Å². The number of nitrogens with zero attached hydrogens (tertiary/aromatic N) is 2. The molecule has 134 valence electrons. The van der Waals surface area contributed by atoms with E-state index in [0.717, 1.165) is 22.2 Å². The maximum atomic E-state index is 4.53. The van der Waals surface area contributed by atoms with E-state index in [1.54, 1.807) is 5.56 Å². The number of benzene rings is 4. The van der Waals surface area contributed by atoms with Crippen molar-refractivity contribution in [1.29, 1.82) is 0 Å². The van der Waals surface area contributed by atoms with Gasteiger partial charge in [-0.2, -0.15) is 0 Å². The first-order chi connectivity index (χ1) is 13.9. The Morgan fingerprint density at radius 2 is 1.43 bits per heavy atom. The highest BCUT2D eigenvalue weighted by molar-refractivity contribution is 6.13. The number of hydrogen-bond acceptors (Lipinski definition) is 2. The highest BCUT2D eigenvalue weighted by atomic mass is 15.1. The summed E-state index contributed by atoms with van der Waals surface area (Å²) in [6.07, 6.45) is 5.04. The van der Waals surface area contributed by atoms with Gasteiger partial charge in [0.15, 0.2) is 0 Å². The van der Waals surface area contributed by atoms with Crippen LogP contribution in [0.3, 0.4) is 0 Å². The Kier molecular flexibility index (Phi) is 3.45. The Morgan fingerprint density at radius 3 is 2.43 bits per heavy atom. The minimum absolute atomic E-state index is 0.932. The van der Waals surface area contributed by atoms with Crippen LogP contribution in [-0.2, 0) is 12.8 Å². The molecule has 1 aliphatic rings. The molecule has 6 rings (SSSR count). The molecule has 0 spiro atoms. The quantitative estimate of drug-likeness (QED) is 0.320. The van der Waals surface area contributed by atoms with Crippen LogP contribution in [0, 0.1) is 0 Å². The van der Waals surface area contributed by atoms with Crippen LogP contribution in [0.4, 0.5) is 0 Å². The van der Waals surface area contributed by atoms with Crippen LogP contribution in [0.15, 0.2) is 72.8 Å². The minimum Gasteiger partial charge on any atom is -0.150 e. The summed E-state index contributed by atoms with van der Waals surface area (Å²) in [6, 6.07) is 26.1. The van der Waals surface area contributed by atoms with Gasteiger partial charge in [-0.15, -0.1) is 10.2 Å². The molecule has 0 aliphatic heterocycles. The third-order valence-corrected chi connectivity index (χ3v) is 6.16. The summed E-state index contributed by atoms with van der Waals surface area (Å²) in [5.41, 5.74) is 6.11. The van der Waals surface area contributed by atoms with Crippen LogP contribution < -0.4 is 0 Å². The molecule has 0 amide bonds. The average Bonchev–Trinajstić information content (AvgIpc) is 2.78. The lowest BCUT2D eigenvalue weighted by Gasteiger charge is -2.19. The van der Waals surface area contributed by atoms with Gasteiger partial charge in [-0.05, 0) is 70.5 Å². The van der Waals surface area contributed by atoms with E-state index >= 15 is 0 Å². The third kappa shape index (κ3) is 2.34. The molecule has 5 aromatic rings. The Hall–Kier alpha value is -3.26. The molecular weight excluding hydrogens is 340 g/mol. The molecule has 0 atom stereocenters. The lowest BCUT2D eigenvalue weighted by atomic mass is 9.86. The zero-order valence-electron chi connectivity index (χ0n) is 15.7. The zero-order valence-corrected chi connectivity index (χ0v) is 15.7. The Balaban J connectivity index is 1.62. The monoisotopic (exact) mass is 360 g/mol. The van der Waals surface area contributed by atoms with Gasteiger partial charge in [0.2, 0.25) is 0 Å². The average molecular weight is 360 g/mol. The van der Waals surface area contributed by atoms with Gasteiger partial charge in [0, 0.05) is 10.9 Å². The second-order valence-electron chi connectivity index (χ2n) is 7.76. The van der Waals surface area contributed by atoms with Gasteiger partial charge in [-0.3, -0.25) is 0 Å². The van der Waals surface area contributed by atoms with Crippen LogP contribution in [-0.4, -0.2) is 10.2 Å². The van der Waals surface area contributed by atoms with E-state index in [0.29, 0.717) is 0 Å². The lowest BCUT2D eigenvalue weighted by molar-refractivity contribution is 0.690. The van der Waals surface area contributed by atoms with Crippen LogP contribution in [0.2, 0.25) is 0 Å². The van der Waals surface area contributed by atoms with Crippen molar-refractivity contribution in [3.8, 4) is 11.3 Å². The van der Waals surface area contributed by atoms with Gasteiger partial charge in [-0.25, -0.2) is 0 Å². The number of fused-ring (bicyclic) bond motifs is 6. The maximum Gasteiger partial charge on any atom is 0.0942 e.